The van der Waals surface area contributed by atoms with Crippen LogP contribution in [0.2, 0.25) is 0 Å². The summed E-state index contributed by atoms with van der Waals surface area (Å²) in [4.78, 5) is 25.3. The van der Waals surface area contributed by atoms with E-state index in [0.29, 0.717) is 11.3 Å². The first-order valence-corrected chi connectivity index (χ1v) is 5.29. The zero-order chi connectivity index (χ0) is 11.7. The van der Waals surface area contributed by atoms with Crippen LogP contribution in [0.4, 0.5) is 5.69 Å². The van der Waals surface area contributed by atoms with Gasteiger partial charge >= 0.3 is 0 Å². The van der Waals surface area contributed by atoms with Crippen molar-refractivity contribution in [3.05, 3.63) is 29.8 Å². The fourth-order valence-electron chi connectivity index (χ4n) is 1.77. The Morgan fingerprint density at radius 1 is 1.25 bits per heavy atom. The largest absolute Gasteiger partial charge is 0.327 e. The standard InChI is InChI=1S/C12H14N2O2/c1-8(2)14-7-11(15)13-10-6-4-3-5-9(10)12(14)16/h3-6,8H,7H2,1-2H3,(H,13,15). The molecule has 1 aliphatic rings. The molecule has 4 heteroatoms. The lowest BCUT2D eigenvalue weighted by Gasteiger charge is -2.23. The summed E-state index contributed by atoms with van der Waals surface area (Å²) in [7, 11) is 0. The molecule has 0 saturated carbocycles. The van der Waals surface area contributed by atoms with Crippen molar-refractivity contribution < 1.29 is 9.59 Å². The topological polar surface area (TPSA) is 49.4 Å². The molecular weight excluding hydrogens is 204 g/mol. The maximum Gasteiger partial charge on any atom is 0.256 e. The van der Waals surface area contributed by atoms with Gasteiger partial charge in [0.2, 0.25) is 5.91 Å². The van der Waals surface area contributed by atoms with Crippen LogP contribution >= 0.6 is 0 Å². The number of nitrogens with one attached hydrogen (secondary N) is 1. The Bertz CT molecular complexity index is 440. The van der Waals surface area contributed by atoms with Crippen LogP contribution in [0.25, 0.3) is 0 Å². The average molecular weight is 218 g/mol. The van der Waals surface area contributed by atoms with E-state index in [-0.39, 0.29) is 24.4 Å². The van der Waals surface area contributed by atoms with Crippen molar-refractivity contribution in [3.8, 4) is 0 Å². The van der Waals surface area contributed by atoms with Gasteiger partial charge in [0.25, 0.3) is 5.91 Å². The Balaban J connectivity index is 2.47. The number of carbonyl (C=O) groups is 2. The maximum atomic E-state index is 12.2. The highest BCUT2D eigenvalue weighted by Gasteiger charge is 2.27. The minimum Gasteiger partial charge on any atom is -0.327 e. The van der Waals surface area contributed by atoms with Gasteiger partial charge in [0, 0.05) is 6.04 Å². The fourth-order valence-corrected chi connectivity index (χ4v) is 1.77. The third kappa shape index (κ3) is 1.78. The van der Waals surface area contributed by atoms with Crippen molar-refractivity contribution in [2.75, 3.05) is 11.9 Å². The summed E-state index contributed by atoms with van der Waals surface area (Å²) in [5.74, 6) is -0.240. The van der Waals surface area contributed by atoms with Crippen molar-refractivity contribution >= 4 is 17.5 Å². The Morgan fingerprint density at radius 3 is 2.62 bits per heavy atom. The molecule has 1 aromatic carbocycles. The average Bonchev–Trinajstić information content (AvgIpc) is 2.37. The summed E-state index contributed by atoms with van der Waals surface area (Å²) < 4.78 is 0. The van der Waals surface area contributed by atoms with E-state index in [0.717, 1.165) is 0 Å². The minimum absolute atomic E-state index is 0.0180. The molecule has 1 aromatic rings. The Labute approximate surface area is 94.2 Å². The van der Waals surface area contributed by atoms with E-state index in [1.807, 2.05) is 13.8 Å². The van der Waals surface area contributed by atoms with Crippen molar-refractivity contribution in [1.29, 1.82) is 0 Å². The molecule has 0 aliphatic carbocycles. The number of nitrogens with zero attached hydrogens (tertiary/aromatic N) is 1. The van der Waals surface area contributed by atoms with E-state index in [1.165, 1.54) is 0 Å². The first kappa shape index (κ1) is 10.7. The number of benzene rings is 1. The number of carbonyl (C=O) groups excluding carboxylic acids is 2. The highest BCUT2D eigenvalue weighted by Crippen LogP contribution is 2.21. The van der Waals surface area contributed by atoms with E-state index in [1.54, 1.807) is 29.2 Å². The predicted molar refractivity (Wildman–Crippen MR) is 61.2 cm³/mol. The molecule has 0 spiro atoms. The normalized spacial score (nSPS) is 15.8. The molecule has 1 N–H and O–H groups in total. The molecule has 0 unspecified atom stereocenters. The van der Waals surface area contributed by atoms with E-state index in [9.17, 15) is 9.59 Å². The molecule has 1 heterocycles. The van der Waals surface area contributed by atoms with Crippen molar-refractivity contribution in [2.45, 2.75) is 19.9 Å². The highest BCUT2D eigenvalue weighted by atomic mass is 16.2. The number of hydrogen-bond acceptors (Lipinski definition) is 2. The quantitative estimate of drug-likeness (QED) is 0.776. The zero-order valence-corrected chi connectivity index (χ0v) is 9.36. The van der Waals surface area contributed by atoms with Crippen molar-refractivity contribution in [3.63, 3.8) is 0 Å². The highest BCUT2D eigenvalue weighted by molar-refractivity contribution is 6.08. The van der Waals surface area contributed by atoms with E-state index >= 15 is 0 Å². The van der Waals surface area contributed by atoms with E-state index in [2.05, 4.69) is 5.32 Å². The minimum atomic E-state index is -0.146. The third-order valence-electron chi connectivity index (χ3n) is 2.63. The molecule has 0 radical (unpaired) electrons. The molecule has 2 amide bonds. The van der Waals surface area contributed by atoms with Gasteiger partial charge in [-0.2, -0.15) is 0 Å². The second kappa shape index (κ2) is 3.96. The van der Waals surface area contributed by atoms with Gasteiger partial charge in [-0.15, -0.1) is 0 Å². The molecule has 1 aliphatic heterocycles. The van der Waals surface area contributed by atoms with Gasteiger partial charge in [-0.05, 0) is 26.0 Å². The second-order valence-corrected chi connectivity index (χ2v) is 4.12. The van der Waals surface area contributed by atoms with Crippen LogP contribution in [0.5, 0.6) is 0 Å². The second-order valence-electron chi connectivity index (χ2n) is 4.12. The van der Waals surface area contributed by atoms with E-state index < -0.39 is 0 Å². The number of para-hydroxylation sites is 1. The van der Waals surface area contributed by atoms with Gasteiger partial charge in [-0.1, -0.05) is 12.1 Å². The molecule has 2 rings (SSSR count). The van der Waals surface area contributed by atoms with E-state index in [4.69, 9.17) is 0 Å². The molecule has 84 valence electrons. The molecule has 4 nitrogen and oxygen atoms in total. The Kier molecular flexibility index (Phi) is 2.64. The number of anilines is 1. The number of amides is 2. The van der Waals surface area contributed by atoms with Crippen molar-refractivity contribution in [2.24, 2.45) is 0 Å². The van der Waals surface area contributed by atoms with Crippen LogP contribution in [-0.4, -0.2) is 29.3 Å². The molecule has 0 fully saturated rings. The smallest absolute Gasteiger partial charge is 0.256 e. The van der Waals surface area contributed by atoms with Gasteiger partial charge in [0.1, 0.15) is 6.54 Å². The predicted octanol–water partition coefficient (Wildman–Crippen LogP) is 1.49. The van der Waals surface area contributed by atoms with Crippen LogP contribution in [0.15, 0.2) is 24.3 Å². The molecule has 0 saturated heterocycles. The Hall–Kier alpha value is -1.84. The summed E-state index contributed by atoms with van der Waals surface area (Å²) in [6.45, 7) is 3.92. The lowest BCUT2D eigenvalue weighted by molar-refractivity contribution is -0.117. The monoisotopic (exact) mass is 218 g/mol. The zero-order valence-electron chi connectivity index (χ0n) is 9.36. The summed E-state index contributed by atoms with van der Waals surface area (Å²) in [5.41, 5.74) is 1.16. The Morgan fingerprint density at radius 2 is 1.94 bits per heavy atom. The molecular formula is C12H14N2O2. The summed E-state index contributed by atoms with van der Waals surface area (Å²) in [5, 5.41) is 2.74. The summed E-state index contributed by atoms with van der Waals surface area (Å²) in [6, 6.07) is 7.10. The number of rotatable bonds is 1. The van der Waals surface area contributed by atoms with Crippen LogP contribution in [-0.2, 0) is 4.79 Å². The van der Waals surface area contributed by atoms with Crippen LogP contribution in [0.3, 0.4) is 0 Å². The summed E-state index contributed by atoms with van der Waals surface area (Å²) in [6.07, 6.45) is 0. The molecule has 16 heavy (non-hydrogen) atoms. The van der Waals surface area contributed by atoms with Gasteiger partial charge in [0.05, 0.1) is 11.3 Å². The lowest BCUT2D eigenvalue weighted by atomic mass is 10.1. The number of fused-ring (bicyclic) bond motifs is 1. The van der Waals surface area contributed by atoms with Gasteiger partial charge in [-0.3, -0.25) is 9.59 Å². The first-order valence-electron chi connectivity index (χ1n) is 5.29. The first-order chi connectivity index (χ1) is 7.59. The lowest BCUT2D eigenvalue weighted by Crippen LogP contribution is -2.40. The maximum absolute atomic E-state index is 12.2. The SMILES string of the molecule is CC(C)N1CC(=O)Nc2ccccc2C1=O. The van der Waals surface area contributed by atoms with Crippen LogP contribution in [0, 0.1) is 0 Å². The fraction of sp³-hybridized carbons (Fsp3) is 0.333. The van der Waals surface area contributed by atoms with Crippen LogP contribution < -0.4 is 5.32 Å². The molecule has 0 bridgehead atoms. The van der Waals surface area contributed by atoms with Crippen molar-refractivity contribution in [1.82, 2.24) is 4.90 Å². The number of hydrogen-bond donors (Lipinski definition) is 1. The molecule has 0 atom stereocenters. The molecule has 0 aromatic heterocycles. The van der Waals surface area contributed by atoms with Crippen LogP contribution in [0.1, 0.15) is 24.2 Å². The summed E-state index contributed by atoms with van der Waals surface area (Å²) >= 11 is 0. The van der Waals surface area contributed by atoms with Gasteiger partial charge in [0.15, 0.2) is 0 Å². The van der Waals surface area contributed by atoms with Gasteiger partial charge in [-0.25, -0.2) is 0 Å². The van der Waals surface area contributed by atoms with Gasteiger partial charge < -0.3 is 10.2 Å². The third-order valence-corrected chi connectivity index (χ3v) is 2.63.